The first-order valence-corrected chi connectivity index (χ1v) is 5.02. The maximum atomic E-state index is 11.4. The summed E-state index contributed by atoms with van der Waals surface area (Å²) in [4.78, 5) is 22.2. The number of amides is 1. The summed E-state index contributed by atoms with van der Waals surface area (Å²) < 4.78 is 9.39. The van der Waals surface area contributed by atoms with Gasteiger partial charge in [-0.2, -0.15) is 0 Å². The van der Waals surface area contributed by atoms with Crippen molar-refractivity contribution in [3.63, 3.8) is 0 Å². The van der Waals surface area contributed by atoms with Gasteiger partial charge in [0.15, 0.2) is 0 Å². The topological polar surface area (TPSA) is 64.6 Å². The average Bonchev–Trinajstić information content (AvgIpc) is 2.18. The van der Waals surface area contributed by atoms with E-state index >= 15 is 0 Å². The van der Waals surface area contributed by atoms with Crippen LogP contribution in [0.4, 0.5) is 4.79 Å². The minimum atomic E-state index is -0.584. The number of carbonyl (C=O) groups excluding carboxylic acids is 2. The van der Waals surface area contributed by atoms with Crippen LogP contribution in [0.3, 0.4) is 0 Å². The molecule has 0 atom stereocenters. The molecule has 0 bridgehead atoms. The molecule has 0 heterocycles. The van der Waals surface area contributed by atoms with Gasteiger partial charge in [-0.05, 0) is 27.2 Å². The maximum Gasteiger partial charge on any atom is 0.410 e. The molecule has 0 aliphatic rings. The molecule has 5 heteroatoms. The summed E-state index contributed by atoms with van der Waals surface area (Å²) in [5.74, 6) is -0.366. The number of alkyl carbamates (subject to hydrolysis) is 1. The minimum absolute atomic E-state index is 0.339. The van der Waals surface area contributed by atoms with Gasteiger partial charge < -0.3 is 14.8 Å². The van der Waals surface area contributed by atoms with Crippen LogP contribution >= 0.6 is 0 Å². The quantitative estimate of drug-likeness (QED) is 0.562. The lowest BCUT2D eigenvalue weighted by atomic mass is 9.91. The molecule has 88 valence electrons. The smallest absolute Gasteiger partial charge is 0.410 e. The summed E-state index contributed by atoms with van der Waals surface area (Å²) in [6.45, 7) is 7.36. The first kappa shape index (κ1) is 13.7. The third kappa shape index (κ3) is 5.24. The second-order valence-corrected chi connectivity index (χ2v) is 3.75. The van der Waals surface area contributed by atoms with Crippen LogP contribution in [0, 0.1) is 5.41 Å². The molecular formula is C10H19NO4. The second-order valence-electron chi connectivity index (χ2n) is 3.75. The predicted octanol–water partition coefficient (Wildman–Crippen LogP) is 1.67. The zero-order valence-corrected chi connectivity index (χ0v) is 9.75. The van der Waals surface area contributed by atoms with Crippen molar-refractivity contribution in [2.75, 3.05) is 13.3 Å². The molecule has 0 unspecified atom stereocenters. The number of rotatable bonds is 5. The van der Waals surface area contributed by atoms with Crippen molar-refractivity contribution >= 4 is 12.1 Å². The molecule has 0 saturated heterocycles. The molecule has 0 radical (unpaired) electrons. The van der Waals surface area contributed by atoms with Gasteiger partial charge in [-0.15, -0.1) is 0 Å². The van der Waals surface area contributed by atoms with Gasteiger partial charge in [0.1, 0.15) is 0 Å². The van der Waals surface area contributed by atoms with E-state index in [2.05, 4.69) is 10.1 Å². The van der Waals surface area contributed by atoms with Gasteiger partial charge in [0.05, 0.1) is 5.41 Å². The van der Waals surface area contributed by atoms with Crippen LogP contribution in [0.5, 0.6) is 0 Å². The number of esters is 1. The standard InChI is InChI=1S/C10H19NO4/c1-5-10(3,4)8(12)14-7-15-9(13)11-6-2/h5-7H2,1-4H3,(H,11,13). The van der Waals surface area contributed by atoms with Crippen LogP contribution in [-0.2, 0) is 14.3 Å². The third-order valence-corrected chi connectivity index (χ3v) is 2.14. The molecule has 0 saturated carbocycles. The van der Waals surface area contributed by atoms with Crippen LogP contribution in [0.2, 0.25) is 0 Å². The molecule has 1 amide bonds. The zero-order valence-electron chi connectivity index (χ0n) is 9.75. The number of carbonyl (C=O) groups is 2. The lowest BCUT2D eigenvalue weighted by Crippen LogP contribution is -2.29. The summed E-state index contributed by atoms with van der Waals surface area (Å²) in [6.07, 6.45) is 0.0899. The Hall–Kier alpha value is -1.26. The molecule has 0 aliphatic carbocycles. The Morgan fingerprint density at radius 3 is 2.27 bits per heavy atom. The largest absolute Gasteiger partial charge is 0.427 e. The first-order valence-electron chi connectivity index (χ1n) is 5.02. The molecule has 0 rings (SSSR count). The van der Waals surface area contributed by atoms with Crippen molar-refractivity contribution < 1.29 is 19.1 Å². The Morgan fingerprint density at radius 2 is 1.80 bits per heavy atom. The Morgan fingerprint density at radius 1 is 1.20 bits per heavy atom. The van der Waals surface area contributed by atoms with Gasteiger partial charge in [-0.3, -0.25) is 4.79 Å². The number of hydrogen-bond donors (Lipinski definition) is 1. The van der Waals surface area contributed by atoms with Crippen molar-refractivity contribution in [1.82, 2.24) is 5.32 Å². The fourth-order valence-electron chi connectivity index (χ4n) is 0.672. The highest BCUT2D eigenvalue weighted by atomic mass is 16.7. The summed E-state index contributed by atoms with van der Waals surface area (Å²) in [5.41, 5.74) is -0.537. The highest BCUT2D eigenvalue weighted by Gasteiger charge is 2.27. The van der Waals surface area contributed by atoms with E-state index in [4.69, 9.17) is 4.74 Å². The number of nitrogens with one attached hydrogen (secondary N) is 1. The predicted molar refractivity (Wildman–Crippen MR) is 55.2 cm³/mol. The molecule has 5 nitrogen and oxygen atoms in total. The fourth-order valence-corrected chi connectivity index (χ4v) is 0.672. The van der Waals surface area contributed by atoms with Gasteiger partial charge in [0.2, 0.25) is 6.79 Å². The normalized spacial score (nSPS) is 10.7. The first-order chi connectivity index (χ1) is 6.94. The van der Waals surface area contributed by atoms with E-state index in [0.717, 1.165) is 0 Å². The average molecular weight is 217 g/mol. The third-order valence-electron chi connectivity index (χ3n) is 2.14. The number of hydrogen-bond acceptors (Lipinski definition) is 4. The molecule has 0 aromatic heterocycles. The molecule has 0 aliphatic heterocycles. The molecule has 0 spiro atoms. The Labute approximate surface area is 90.1 Å². The van der Waals surface area contributed by atoms with E-state index in [1.807, 2.05) is 6.92 Å². The van der Waals surface area contributed by atoms with E-state index < -0.39 is 11.5 Å². The lowest BCUT2D eigenvalue weighted by molar-refractivity contribution is -0.162. The van der Waals surface area contributed by atoms with Crippen LogP contribution < -0.4 is 5.32 Å². The minimum Gasteiger partial charge on any atom is -0.427 e. The zero-order chi connectivity index (χ0) is 11.9. The molecule has 1 N–H and O–H groups in total. The maximum absolute atomic E-state index is 11.4. The van der Waals surface area contributed by atoms with Crippen LogP contribution in [0.15, 0.2) is 0 Å². The Kier molecular flexibility index (Phi) is 5.74. The fraction of sp³-hybridized carbons (Fsp3) is 0.800. The lowest BCUT2D eigenvalue weighted by Gasteiger charge is -2.19. The van der Waals surface area contributed by atoms with E-state index in [1.165, 1.54) is 0 Å². The highest BCUT2D eigenvalue weighted by molar-refractivity contribution is 5.75. The van der Waals surface area contributed by atoms with E-state index in [9.17, 15) is 9.59 Å². The van der Waals surface area contributed by atoms with Crippen molar-refractivity contribution in [1.29, 1.82) is 0 Å². The summed E-state index contributed by atoms with van der Waals surface area (Å²) in [6, 6.07) is 0. The van der Waals surface area contributed by atoms with Crippen molar-refractivity contribution in [3.8, 4) is 0 Å². The van der Waals surface area contributed by atoms with Crippen LogP contribution in [-0.4, -0.2) is 25.4 Å². The molecule has 0 aromatic rings. The molecule has 15 heavy (non-hydrogen) atoms. The van der Waals surface area contributed by atoms with Crippen molar-refractivity contribution in [2.45, 2.75) is 34.1 Å². The van der Waals surface area contributed by atoms with Gasteiger partial charge in [-0.1, -0.05) is 6.92 Å². The van der Waals surface area contributed by atoms with E-state index in [-0.39, 0.29) is 12.8 Å². The van der Waals surface area contributed by atoms with Gasteiger partial charge in [0, 0.05) is 6.54 Å². The van der Waals surface area contributed by atoms with E-state index in [1.54, 1.807) is 20.8 Å². The highest BCUT2D eigenvalue weighted by Crippen LogP contribution is 2.21. The van der Waals surface area contributed by atoms with Crippen molar-refractivity contribution in [3.05, 3.63) is 0 Å². The molecular weight excluding hydrogens is 198 g/mol. The van der Waals surface area contributed by atoms with E-state index in [0.29, 0.717) is 13.0 Å². The summed E-state index contributed by atoms with van der Waals surface area (Å²) in [7, 11) is 0. The summed E-state index contributed by atoms with van der Waals surface area (Å²) >= 11 is 0. The summed E-state index contributed by atoms with van der Waals surface area (Å²) in [5, 5.41) is 2.42. The number of ether oxygens (including phenoxy) is 2. The van der Waals surface area contributed by atoms with Gasteiger partial charge in [-0.25, -0.2) is 4.79 Å². The molecule has 0 aromatic carbocycles. The van der Waals surface area contributed by atoms with Crippen LogP contribution in [0.25, 0.3) is 0 Å². The van der Waals surface area contributed by atoms with Crippen molar-refractivity contribution in [2.24, 2.45) is 5.41 Å². The van der Waals surface area contributed by atoms with Crippen LogP contribution in [0.1, 0.15) is 34.1 Å². The monoisotopic (exact) mass is 217 g/mol. The Bertz CT molecular complexity index is 225. The van der Waals surface area contributed by atoms with Gasteiger partial charge >= 0.3 is 12.1 Å². The van der Waals surface area contributed by atoms with Gasteiger partial charge in [0.25, 0.3) is 0 Å². The second kappa shape index (κ2) is 6.27. The molecule has 0 fully saturated rings. The SMILES string of the molecule is CCNC(=O)OCOC(=O)C(C)(C)CC. The Balaban J connectivity index is 3.78.